The minimum Gasteiger partial charge on any atom is -0.0654 e. The van der Waals surface area contributed by atoms with E-state index in [1.165, 1.54) is 77.0 Å². The van der Waals surface area contributed by atoms with E-state index in [0.717, 1.165) is 12.3 Å². The Kier molecular flexibility index (Phi) is 14.1. The summed E-state index contributed by atoms with van der Waals surface area (Å²) in [6, 6.07) is 0. The maximum absolute atomic E-state index is 3.89. The molecule has 0 spiro atoms. The molecule has 0 saturated heterocycles. The van der Waals surface area contributed by atoms with Gasteiger partial charge in [0.15, 0.2) is 0 Å². The zero-order valence-electron chi connectivity index (χ0n) is 12.5. The highest BCUT2D eigenvalue weighted by Gasteiger charge is 2.01. The smallest absolute Gasteiger partial charge is 0.0443 e. The number of unbranched alkanes of at least 4 members (excludes halogenated alkanes) is 9. The van der Waals surface area contributed by atoms with Crippen LogP contribution in [-0.4, -0.2) is 0 Å². The standard InChI is InChI=1S/C17H35/c1-4-6-8-10-12-14-16-17(3)15-13-11-9-7-5-2/h17H,2,4-16H2,1,3H3. The molecule has 0 aliphatic carbocycles. The lowest BCUT2D eigenvalue weighted by Crippen LogP contribution is -1.95. The van der Waals surface area contributed by atoms with Gasteiger partial charge in [0.2, 0.25) is 0 Å². The Morgan fingerprint density at radius 1 is 0.706 bits per heavy atom. The summed E-state index contributed by atoms with van der Waals surface area (Å²) in [5.41, 5.74) is 0. The Balaban J connectivity index is 3.09. The molecule has 17 heavy (non-hydrogen) atoms. The van der Waals surface area contributed by atoms with E-state index in [9.17, 15) is 0 Å². The Morgan fingerprint density at radius 2 is 1.18 bits per heavy atom. The maximum Gasteiger partial charge on any atom is -0.0443 e. The normalized spacial score (nSPS) is 12.9. The van der Waals surface area contributed by atoms with Crippen molar-refractivity contribution in [3.63, 3.8) is 0 Å². The fourth-order valence-corrected chi connectivity index (χ4v) is 2.44. The van der Waals surface area contributed by atoms with Crippen molar-refractivity contribution in [1.29, 1.82) is 0 Å². The summed E-state index contributed by atoms with van der Waals surface area (Å²) in [6.45, 7) is 8.62. The Hall–Kier alpha value is 0. The summed E-state index contributed by atoms with van der Waals surface area (Å²) in [6.07, 6.45) is 18.3. The first-order valence-corrected chi connectivity index (χ1v) is 8.10. The molecule has 0 rings (SSSR count). The zero-order valence-corrected chi connectivity index (χ0v) is 12.5. The van der Waals surface area contributed by atoms with Crippen LogP contribution in [0.5, 0.6) is 0 Å². The molecule has 0 N–H and O–H groups in total. The van der Waals surface area contributed by atoms with Crippen LogP contribution in [-0.2, 0) is 0 Å². The van der Waals surface area contributed by atoms with E-state index in [-0.39, 0.29) is 0 Å². The molecule has 0 aliphatic rings. The van der Waals surface area contributed by atoms with Crippen molar-refractivity contribution in [2.75, 3.05) is 0 Å². The van der Waals surface area contributed by atoms with Crippen molar-refractivity contribution in [1.82, 2.24) is 0 Å². The number of rotatable bonds is 13. The highest BCUT2D eigenvalue weighted by Crippen LogP contribution is 2.18. The molecule has 0 heteroatoms. The van der Waals surface area contributed by atoms with Gasteiger partial charge in [-0.1, -0.05) is 104 Å². The lowest BCUT2D eigenvalue weighted by Gasteiger charge is -2.10. The quantitative estimate of drug-likeness (QED) is 0.320. The van der Waals surface area contributed by atoms with Crippen molar-refractivity contribution >= 4 is 0 Å². The van der Waals surface area contributed by atoms with Crippen LogP contribution in [0.3, 0.4) is 0 Å². The van der Waals surface area contributed by atoms with E-state index in [0.29, 0.717) is 0 Å². The van der Waals surface area contributed by atoms with Crippen molar-refractivity contribution in [2.24, 2.45) is 5.92 Å². The SMILES string of the molecule is [CH2]CCCCCCC(C)CCCCCCCC. The van der Waals surface area contributed by atoms with Crippen LogP contribution >= 0.6 is 0 Å². The summed E-state index contributed by atoms with van der Waals surface area (Å²) in [5.74, 6) is 0.959. The fourth-order valence-electron chi connectivity index (χ4n) is 2.44. The Labute approximate surface area is 111 Å². The molecule has 1 radical (unpaired) electrons. The number of hydrogen-bond donors (Lipinski definition) is 0. The molecule has 0 aliphatic heterocycles. The third kappa shape index (κ3) is 13.9. The minimum atomic E-state index is 0.959. The maximum atomic E-state index is 3.89. The monoisotopic (exact) mass is 239 g/mol. The van der Waals surface area contributed by atoms with Gasteiger partial charge in [0, 0.05) is 0 Å². The molecule has 0 nitrogen and oxygen atoms in total. The van der Waals surface area contributed by atoms with Gasteiger partial charge in [-0.2, -0.15) is 0 Å². The Bertz CT molecular complexity index is 128. The molecule has 1 unspecified atom stereocenters. The molecule has 0 aromatic rings. The number of hydrogen-bond acceptors (Lipinski definition) is 0. The third-order valence-corrected chi connectivity index (χ3v) is 3.75. The molecule has 0 heterocycles. The molecule has 0 amide bonds. The highest BCUT2D eigenvalue weighted by atomic mass is 14.1. The van der Waals surface area contributed by atoms with E-state index in [4.69, 9.17) is 0 Å². The van der Waals surface area contributed by atoms with Crippen LogP contribution in [0.25, 0.3) is 0 Å². The predicted molar refractivity (Wildman–Crippen MR) is 80.2 cm³/mol. The highest BCUT2D eigenvalue weighted by molar-refractivity contribution is 4.55. The predicted octanol–water partition coefficient (Wildman–Crippen LogP) is 6.55. The summed E-state index contributed by atoms with van der Waals surface area (Å²) in [7, 11) is 0. The van der Waals surface area contributed by atoms with Gasteiger partial charge in [-0.3, -0.25) is 0 Å². The van der Waals surface area contributed by atoms with Crippen molar-refractivity contribution < 1.29 is 0 Å². The minimum absolute atomic E-state index is 0.959. The average Bonchev–Trinajstić information content (AvgIpc) is 2.33. The second kappa shape index (κ2) is 14.1. The van der Waals surface area contributed by atoms with Crippen LogP contribution in [0.1, 0.15) is 97.3 Å². The van der Waals surface area contributed by atoms with E-state index in [1.807, 2.05) is 0 Å². The first-order valence-electron chi connectivity index (χ1n) is 8.10. The van der Waals surface area contributed by atoms with Gasteiger partial charge in [0.25, 0.3) is 0 Å². The molecule has 0 aromatic carbocycles. The molecule has 1 atom stereocenters. The lowest BCUT2D eigenvalue weighted by molar-refractivity contribution is 0.433. The summed E-state index contributed by atoms with van der Waals surface area (Å²) in [5, 5.41) is 0. The molecule has 103 valence electrons. The largest absolute Gasteiger partial charge is 0.0654 e. The van der Waals surface area contributed by atoms with Gasteiger partial charge in [0.1, 0.15) is 0 Å². The van der Waals surface area contributed by atoms with E-state index < -0.39 is 0 Å². The van der Waals surface area contributed by atoms with Crippen molar-refractivity contribution in [3.05, 3.63) is 6.92 Å². The van der Waals surface area contributed by atoms with Crippen LogP contribution in [0.2, 0.25) is 0 Å². The second-order valence-corrected chi connectivity index (χ2v) is 5.72. The van der Waals surface area contributed by atoms with Crippen LogP contribution < -0.4 is 0 Å². The van der Waals surface area contributed by atoms with E-state index >= 15 is 0 Å². The molecule has 0 fully saturated rings. The van der Waals surface area contributed by atoms with Crippen LogP contribution in [0, 0.1) is 12.8 Å². The zero-order chi connectivity index (χ0) is 12.8. The summed E-state index contributed by atoms with van der Waals surface area (Å²) in [4.78, 5) is 0. The molecular formula is C17H35. The van der Waals surface area contributed by atoms with Crippen LogP contribution in [0.15, 0.2) is 0 Å². The van der Waals surface area contributed by atoms with Crippen molar-refractivity contribution in [2.45, 2.75) is 97.3 Å². The van der Waals surface area contributed by atoms with Crippen molar-refractivity contribution in [3.8, 4) is 0 Å². The molecule has 0 saturated carbocycles. The van der Waals surface area contributed by atoms with E-state index in [2.05, 4.69) is 20.8 Å². The fraction of sp³-hybridized carbons (Fsp3) is 0.941. The van der Waals surface area contributed by atoms with E-state index in [1.54, 1.807) is 0 Å². The van der Waals surface area contributed by atoms with Gasteiger partial charge < -0.3 is 0 Å². The molecular weight excluding hydrogens is 204 g/mol. The van der Waals surface area contributed by atoms with Gasteiger partial charge in [-0.25, -0.2) is 0 Å². The Morgan fingerprint density at radius 3 is 1.71 bits per heavy atom. The van der Waals surface area contributed by atoms with Crippen LogP contribution in [0.4, 0.5) is 0 Å². The molecule has 0 aromatic heterocycles. The summed E-state index contributed by atoms with van der Waals surface area (Å²) < 4.78 is 0. The molecule has 0 bridgehead atoms. The summed E-state index contributed by atoms with van der Waals surface area (Å²) >= 11 is 0. The van der Waals surface area contributed by atoms with Gasteiger partial charge in [-0.05, 0) is 5.92 Å². The van der Waals surface area contributed by atoms with Gasteiger partial charge >= 0.3 is 0 Å². The van der Waals surface area contributed by atoms with Gasteiger partial charge in [0.05, 0.1) is 0 Å². The first kappa shape index (κ1) is 17.0. The average molecular weight is 239 g/mol. The lowest BCUT2D eigenvalue weighted by atomic mass is 9.96. The van der Waals surface area contributed by atoms with Gasteiger partial charge in [-0.15, -0.1) is 0 Å². The first-order chi connectivity index (χ1) is 8.31. The third-order valence-electron chi connectivity index (χ3n) is 3.75. The topological polar surface area (TPSA) is 0 Å². The second-order valence-electron chi connectivity index (χ2n) is 5.72.